The summed E-state index contributed by atoms with van der Waals surface area (Å²) >= 11 is 3.29. The van der Waals surface area contributed by atoms with Crippen LogP contribution in [0.25, 0.3) is 0 Å². The van der Waals surface area contributed by atoms with Crippen molar-refractivity contribution >= 4 is 21.6 Å². The first kappa shape index (κ1) is 10.5. The quantitative estimate of drug-likeness (QED) is 0.884. The third-order valence-electron chi connectivity index (χ3n) is 1.78. The van der Waals surface area contributed by atoms with E-state index in [9.17, 15) is 4.39 Å². The molecule has 1 aromatic carbocycles. The molecule has 0 spiro atoms. The number of anilines is 1. The first-order valence-corrected chi connectivity index (χ1v) is 4.80. The Bertz CT molecular complexity index is 291. The molecule has 0 unspecified atom stereocenters. The molecular formula is C9H12BrFN2. The van der Waals surface area contributed by atoms with E-state index in [-0.39, 0.29) is 5.82 Å². The molecule has 0 aliphatic heterocycles. The molecule has 2 nitrogen and oxygen atoms in total. The van der Waals surface area contributed by atoms with Crippen LogP contribution in [0.5, 0.6) is 0 Å². The van der Waals surface area contributed by atoms with Crippen LogP contribution in [0.15, 0.2) is 22.7 Å². The van der Waals surface area contributed by atoms with Crippen molar-refractivity contribution in [1.82, 2.24) is 0 Å². The Hall–Kier alpha value is -0.610. The standard InChI is InChI=1S/C9H12BrFN2/c1-13(5-4-12)9-6-7(10)2-3-8(9)11/h2-3,6H,4-5,12H2,1H3. The average Bonchev–Trinajstić information content (AvgIpc) is 2.09. The normalized spacial score (nSPS) is 10.2. The second kappa shape index (κ2) is 4.58. The molecule has 0 aromatic heterocycles. The molecule has 2 N–H and O–H groups in total. The Kier molecular flexibility index (Phi) is 3.69. The van der Waals surface area contributed by atoms with Gasteiger partial charge in [-0.2, -0.15) is 0 Å². The molecule has 0 saturated carbocycles. The van der Waals surface area contributed by atoms with Crippen LogP contribution in [0, 0.1) is 5.82 Å². The summed E-state index contributed by atoms with van der Waals surface area (Å²) in [5, 5.41) is 0. The van der Waals surface area contributed by atoms with Gasteiger partial charge in [0.25, 0.3) is 0 Å². The maximum atomic E-state index is 13.2. The third-order valence-corrected chi connectivity index (χ3v) is 2.28. The zero-order chi connectivity index (χ0) is 9.84. The number of benzene rings is 1. The number of hydrogen-bond donors (Lipinski definition) is 1. The average molecular weight is 247 g/mol. The molecule has 1 aromatic rings. The van der Waals surface area contributed by atoms with Gasteiger partial charge < -0.3 is 10.6 Å². The molecule has 13 heavy (non-hydrogen) atoms. The summed E-state index contributed by atoms with van der Waals surface area (Å²) in [4.78, 5) is 1.79. The van der Waals surface area contributed by atoms with Crippen LogP contribution in [-0.4, -0.2) is 20.1 Å². The summed E-state index contributed by atoms with van der Waals surface area (Å²) < 4.78 is 14.1. The van der Waals surface area contributed by atoms with Gasteiger partial charge >= 0.3 is 0 Å². The van der Waals surface area contributed by atoms with E-state index in [4.69, 9.17) is 5.73 Å². The summed E-state index contributed by atoms with van der Waals surface area (Å²) in [7, 11) is 1.82. The lowest BCUT2D eigenvalue weighted by Crippen LogP contribution is -2.25. The van der Waals surface area contributed by atoms with Crippen molar-refractivity contribution in [3.8, 4) is 0 Å². The number of rotatable bonds is 3. The fraction of sp³-hybridized carbons (Fsp3) is 0.333. The Morgan fingerprint density at radius 2 is 2.23 bits per heavy atom. The summed E-state index contributed by atoms with van der Waals surface area (Å²) in [5.41, 5.74) is 5.95. The highest BCUT2D eigenvalue weighted by Crippen LogP contribution is 2.22. The lowest BCUT2D eigenvalue weighted by Gasteiger charge is -2.18. The van der Waals surface area contributed by atoms with Gasteiger partial charge in [-0.3, -0.25) is 0 Å². The minimum absolute atomic E-state index is 0.223. The second-order valence-electron chi connectivity index (χ2n) is 2.81. The number of likely N-dealkylation sites (N-methyl/N-ethyl adjacent to an activating group) is 1. The zero-order valence-electron chi connectivity index (χ0n) is 7.43. The lowest BCUT2D eigenvalue weighted by atomic mass is 10.3. The Labute approximate surface area is 85.7 Å². The molecule has 0 atom stereocenters. The molecule has 0 amide bonds. The van der Waals surface area contributed by atoms with Gasteiger partial charge in [0.15, 0.2) is 0 Å². The zero-order valence-corrected chi connectivity index (χ0v) is 9.01. The first-order chi connectivity index (χ1) is 6.15. The Morgan fingerprint density at radius 1 is 1.54 bits per heavy atom. The molecular weight excluding hydrogens is 235 g/mol. The number of nitrogens with zero attached hydrogens (tertiary/aromatic N) is 1. The van der Waals surface area contributed by atoms with E-state index in [0.717, 1.165) is 4.47 Å². The van der Waals surface area contributed by atoms with Crippen LogP contribution in [0.1, 0.15) is 0 Å². The molecule has 0 aliphatic carbocycles. The van der Waals surface area contributed by atoms with Gasteiger partial charge in [-0.1, -0.05) is 15.9 Å². The van der Waals surface area contributed by atoms with E-state index in [2.05, 4.69) is 15.9 Å². The molecule has 0 bridgehead atoms. The second-order valence-corrected chi connectivity index (χ2v) is 3.72. The van der Waals surface area contributed by atoms with E-state index in [1.54, 1.807) is 17.0 Å². The van der Waals surface area contributed by atoms with Crippen molar-refractivity contribution in [2.24, 2.45) is 5.73 Å². The van der Waals surface area contributed by atoms with Crippen LogP contribution in [0.3, 0.4) is 0 Å². The summed E-state index contributed by atoms with van der Waals surface area (Å²) in [6.45, 7) is 1.16. The van der Waals surface area contributed by atoms with E-state index in [1.165, 1.54) is 6.07 Å². The van der Waals surface area contributed by atoms with Gasteiger partial charge in [-0.25, -0.2) is 4.39 Å². The highest BCUT2D eigenvalue weighted by Gasteiger charge is 2.06. The van der Waals surface area contributed by atoms with Crippen molar-refractivity contribution < 1.29 is 4.39 Å². The SMILES string of the molecule is CN(CCN)c1cc(Br)ccc1F. The minimum Gasteiger partial charge on any atom is -0.371 e. The Balaban J connectivity index is 2.91. The van der Waals surface area contributed by atoms with Crippen LogP contribution >= 0.6 is 15.9 Å². The van der Waals surface area contributed by atoms with Crippen LogP contribution in [0.2, 0.25) is 0 Å². The van der Waals surface area contributed by atoms with Gasteiger partial charge in [-0.15, -0.1) is 0 Å². The summed E-state index contributed by atoms with van der Waals surface area (Å²) in [5.74, 6) is -0.223. The number of nitrogens with two attached hydrogens (primary N) is 1. The van der Waals surface area contributed by atoms with E-state index in [1.807, 2.05) is 7.05 Å². The molecule has 72 valence electrons. The number of halogens is 2. The fourth-order valence-corrected chi connectivity index (χ4v) is 1.44. The first-order valence-electron chi connectivity index (χ1n) is 4.01. The third kappa shape index (κ3) is 2.67. The molecule has 4 heteroatoms. The maximum Gasteiger partial charge on any atom is 0.146 e. The topological polar surface area (TPSA) is 29.3 Å². The minimum atomic E-state index is -0.223. The van der Waals surface area contributed by atoms with E-state index in [0.29, 0.717) is 18.8 Å². The maximum absolute atomic E-state index is 13.2. The molecule has 1 rings (SSSR count). The van der Waals surface area contributed by atoms with Crippen molar-refractivity contribution in [1.29, 1.82) is 0 Å². The summed E-state index contributed by atoms with van der Waals surface area (Å²) in [6.07, 6.45) is 0. The van der Waals surface area contributed by atoms with Crippen LogP contribution in [0.4, 0.5) is 10.1 Å². The monoisotopic (exact) mass is 246 g/mol. The van der Waals surface area contributed by atoms with Crippen molar-refractivity contribution in [2.75, 3.05) is 25.0 Å². The predicted octanol–water partition coefficient (Wildman–Crippen LogP) is 1.98. The predicted molar refractivity (Wildman–Crippen MR) is 56.4 cm³/mol. The van der Waals surface area contributed by atoms with Crippen molar-refractivity contribution in [2.45, 2.75) is 0 Å². The molecule has 0 heterocycles. The van der Waals surface area contributed by atoms with Gasteiger partial charge in [-0.05, 0) is 18.2 Å². The smallest absolute Gasteiger partial charge is 0.146 e. The van der Waals surface area contributed by atoms with Gasteiger partial charge in [0, 0.05) is 24.6 Å². The molecule has 0 fully saturated rings. The highest BCUT2D eigenvalue weighted by molar-refractivity contribution is 9.10. The van der Waals surface area contributed by atoms with E-state index >= 15 is 0 Å². The highest BCUT2D eigenvalue weighted by atomic mass is 79.9. The molecule has 0 saturated heterocycles. The van der Waals surface area contributed by atoms with Crippen LogP contribution < -0.4 is 10.6 Å². The van der Waals surface area contributed by atoms with Gasteiger partial charge in [0.05, 0.1) is 5.69 Å². The van der Waals surface area contributed by atoms with Crippen molar-refractivity contribution in [3.05, 3.63) is 28.5 Å². The Morgan fingerprint density at radius 3 is 2.85 bits per heavy atom. The fourth-order valence-electron chi connectivity index (χ4n) is 1.09. The molecule has 0 aliphatic rings. The number of hydrogen-bond acceptors (Lipinski definition) is 2. The summed E-state index contributed by atoms with van der Waals surface area (Å²) in [6, 6.07) is 4.85. The van der Waals surface area contributed by atoms with Crippen LogP contribution in [-0.2, 0) is 0 Å². The van der Waals surface area contributed by atoms with Crippen molar-refractivity contribution in [3.63, 3.8) is 0 Å². The largest absolute Gasteiger partial charge is 0.371 e. The van der Waals surface area contributed by atoms with E-state index < -0.39 is 0 Å². The van der Waals surface area contributed by atoms with Gasteiger partial charge in [0.1, 0.15) is 5.82 Å². The van der Waals surface area contributed by atoms with Gasteiger partial charge in [0.2, 0.25) is 0 Å². The molecule has 0 radical (unpaired) electrons. The lowest BCUT2D eigenvalue weighted by molar-refractivity contribution is 0.622.